The highest BCUT2D eigenvalue weighted by Crippen LogP contribution is 2.15. The van der Waals surface area contributed by atoms with Crippen molar-refractivity contribution in [1.29, 1.82) is 0 Å². The Labute approximate surface area is 80.3 Å². The summed E-state index contributed by atoms with van der Waals surface area (Å²) in [5.74, 6) is 0. The van der Waals surface area contributed by atoms with Crippen molar-refractivity contribution >= 4 is 11.3 Å². The van der Waals surface area contributed by atoms with Gasteiger partial charge in [0.1, 0.15) is 0 Å². The lowest BCUT2D eigenvalue weighted by Gasteiger charge is -1.97. The van der Waals surface area contributed by atoms with Gasteiger partial charge in [-0.3, -0.25) is 4.79 Å². The van der Waals surface area contributed by atoms with E-state index in [0.717, 1.165) is 11.1 Å². The minimum atomic E-state index is 0.0879. The molecule has 0 unspecified atom stereocenters. The average molecular weight is 188 g/mol. The Kier molecular flexibility index (Phi) is 2.23. The highest BCUT2D eigenvalue weighted by molar-refractivity contribution is 7.07. The van der Waals surface area contributed by atoms with Crippen molar-refractivity contribution in [2.45, 2.75) is 0 Å². The van der Waals surface area contributed by atoms with Crippen LogP contribution in [0.1, 0.15) is 0 Å². The van der Waals surface area contributed by atoms with Crippen LogP contribution in [0.15, 0.2) is 52.0 Å². The molecule has 0 amide bonds. The molecule has 0 fully saturated rings. The van der Waals surface area contributed by atoms with Gasteiger partial charge in [0.25, 0.3) is 0 Å². The predicted octanol–water partition coefficient (Wildman–Crippen LogP) is 2.78. The lowest BCUT2D eigenvalue weighted by Crippen LogP contribution is -1.99. The highest BCUT2D eigenvalue weighted by Gasteiger charge is 1.99. The Morgan fingerprint density at radius 2 is 1.77 bits per heavy atom. The Hall–Kier alpha value is -1.41. The Morgan fingerprint density at radius 3 is 2.46 bits per heavy atom. The lowest BCUT2D eigenvalue weighted by molar-refractivity contribution is 1.60. The third-order valence-electron chi connectivity index (χ3n) is 1.83. The Morgan fingerprint density at radius 1 is 1.00 bits per heavy atom. The van der Waals surface area contributed by atoms with Gasteiger partial charge in [0.05, 0.1) is 0 Å². The van der Waals surface area contributed by atoms with Crippen LogP contribution in [0.4, 0.5) is 0 Å². The van der Waals surface area contributed by atoms with Crippen molar-refractivity contribution in [3.05, 3.63) is 57.4 Å². The molecule has 13 heavy (non-hydrogen) atoms. The summed E-state index contributed by atoms with van der Waals surface area (Å²) in [7, 11) is 0. The molecule has 0 aliphatic rings. The topological polar surface area (TPSA) is 17.1 Å². The van der Waals surface area contributed by atoms with Gasteiger partial charge in [-0.05, 0) is 17.0 Å². The van der Waals surface area contributed by atoms with Gasteiger partial charge in [-0.25, -0.2) is 0 Å². The van der Waals surface area contributed by atoms with Gasteiger partial charge in [-0.1, -0.05) is 30.3 Å². The molecule has 1 heterocycles. The maximum absolute atomic E-state index is 11.4. The summed E-state index contributed by atoms with van der Waals surface area (Å²) in [5, 5.41) is 3.69. The molecule has 0 N–H and O–H groups in total. The molecule has 2 aromatic rings. The van der Waals surface area contributed by atoms with E-state index in [0.29, 0.717) is 0 Å². The van der Waals surface area contributed by atoms with E-state index in [1.807, 2.05) is 35.7 Å². The van der Waals surface area contributed by atoms with E-state index in [2.05, 4.69) is 0 Å². The maximum atomic E-state index is 11.4. The fourth-order valence-electron chi connectivity index (χ4n) is 1.18. The monoisotopic (exact) mass is 188 g/mol. The first-order valence-corrected chi connectivity index (χ1v) is 4.94. The van der Waals surface area contributed by atoms with Gasteiger partial charge in [-0.2, -0.15) is 11.3 Å². The summed E-state index contributed by atoms with van der Waals surface area (Å²) >= 11 is 1.54. The van der Waals surface area contributed by atoms with Crippen molar-refractivity contribution in [3.8, 4) is 11.1 Å². The van der Waals surface area contributed by atoms with Crippen LogP contribution in [0.5, 0.6) is 0 Å². The van der Waals surface area contributed by atoms with Gasteiger partial charge in [0.15, 0.2) is 5.43 Å². The molecule has 2 heteroatoms. The minimum absolute atomic E-state index is 0.0879. The van der Waals surface area contributed by atoms with Gasteiger partial charge in [-0.15, -0.1) is 0 Å². The molecule has 1 aromatic carbocycles. The second-order valence-electron chi connectivity index (χ2n) is 2.70. The minimum Gasteiger partial charge on any atom is -0.289 e. The van der Waals surface area contributed by atoms with Gasteiger partial charge < -0.3 is 0 Å². The van der Waals surface area contributed by atoms with E-state index >= 15 is 0 Å². The van der Waals surface area contributed by atoms with Crippen LogP contribution in [0.2, 0.25) is 0 Å². The van der Waals surface area contributed by atoms with Crippen LogP contribution < -0.4 is 5.43 Å². The molecule has 0 spiro atoms. The standard InChI is InChI=1S/C11H8OS/c12-11-6-7-13-8-10(11)9-4-2-1-3-5-9/h1-8H. The Balaban J connectivity index is 2.60. The number of hydrogen-bond donors (Lipinski definition) is 0. The van der Waals surface area contributed by atoms with E-state index in [4.69, 9.17) is 0 Å². The normalized spacial score (nSPS) is 9.85. The molecule has 0 bridgehead atoms. The third-order valence-corrected chi connectivity index (χ3v) is 2.50. The van der Waals surface area contributed by atoms with Crippen molar-refractivity contribution in [2.75, 3.05) is 0 Å². The lowest BCUT2D eigenvalue weighted by atomic mass is 10.1. The summed E-state index contributed by atoms with van der Waals surface area (Å²) in [6.45, 7) is 0. The van der Waals surface area contributed by atoms with Gasteiger partial charge in [0.2, 0.25) is 0 Å². The van der Waals surface area contributed by atoms with Crippen molar-refractivity contribution in [1.82, 2.24) is 0 Å². The SMILES string of the molecule is O=c1ccscc1-c1ccccc1. The van der Waals surface area contributed by atoms with Crippen molar-refractivity contribution in [3.63, 3.8) is 0 Å². The summed E-state index contributed by atoms with van der Waals surface area (Å²) in [6, 6.07) is 11.3. The average Bonchev–Trinajstić information content (AvgIpc) is 2.20. The van der Waals surface area contributed by atoms with Crippen LogP contribution in [0, 0.1) is 0 Å². The fraction of sp³-hybridized carbons (Fsp3) is 0. The van der Waals surface area contributed by atoms with Gasteiger partial charge in [0, 0.05) is 10.9 Å². The van der Waals surface area contributed by atoms with Gasteiger partial charge >= 0.3 is 0 Å². The zero-order chi connectivity index (χ0) is 9.10. The molecule has 0 radical (unpaired) electrons. The molecule has 0 aliphatic heterocycles. The van der Waals surface area contributed by atoms with E-state index in [9.17, 15) is 4.79 Å². The smallest absolute Gasteiger partial charge is 0.188 e. The van der Waals surface area contributed by atoms with Crippen molar-refractivity contribution < 1.29 is 0 Å². The summed E-state index contributed by atoms with van der Waals surface area (Å²) < 4.78 is 0. The van der Waals surface area contributed by atoms with E-state index in [1.54, 1.807) is 11.4 Å². The molecule has 0 saturated heterocycles. The van der Waals surface area contributed by atoms with E-state index in [-0.39, 0.29) is 5.43 Å². The second kappa shape index (κ2) is 3.54. The second-order valence-corrected chi connectivity index (χ2v) is 3.48. The van der Waals surface area contributed by atoms with Crippen LogP contribution in [-0.2, 0) is 0 Å². The van der Waals surface area contributed by atoms with Crippen LogP contribution in [-0.4, -0.2) is 0 Å². The molecular formula is C11H8OS. The molecule has 0 saturated carbocycles. The van der Waals surface area contributed by atoms with Crippen molar-refractivity contribution in [2.24, 2.45) is 0 Å². The van der Waals surface area contributed by atoms with E-state index < -0.39 is 0 Å². The molecule has 0 aliphatic carbocycles. The largest absolute Gasteiger partial charge is 0.289 e. The quantitative estimate of drug-likeness (QED) is 0.672. The van der Waals surface area contributed by atoms with Crippen LogP contribution in [0.3, 0.4) is 0 Å². The summed E-state index contributed by atoms with van der Waals surface area (Å²) in [4.78, 5) is 11.4. The van der Waals surface area contributed by atoms with Crippen LogP contribution in [0.25, 0.3) is 11.1 Å². The molecule has 2 rings (SSSR count). The summed E-state index contributed by atoms with van der Waals surface area (Å²) in [6.07, 6.45) is 0. The Bertz CT molecular complexity index is 445. The number of benzene rings is 1. The highest BCUT2D eigenvalue weighted by atomic mass is 32.1. The zero-order valence-electron chi connectivity index (χ0n) is 6.94. The molecule has 64 valence electrons. The maximum Gasteiger partial charge on any atom is 0.188 e. The number of rotatable bonds is 1. The first-order valence-electron chi connectivity index (χ1n) is 4.00. The first-order chi connectivity index (χ1) is 6.38. The zero-order valence-corrected chi connectivity index (χ0v) is 7.75. The third kappa shape index (κ3) is 1.68. The molecular weight excluding hydrogens is 180 g/mol. The van der Waals surface area contributed by atoms with Crippen LogP contribution >= 0.6 is 11.3 Å². The fourth-order valence-corrected chi connectivity index (χ4v) is 1.85. The molecule has 0 atom stereocenters. The van der Waals surface area contributed by atoms with E-state index in [1.165, 1.54) is 11.3 Å². The molecule has 1 nitrogen and oxygen atoms in total. The predicted molar refractivity (Wildman–Crippen MR) is 56.0 cm³/mol. The first kappa shape index (κ1) is 8.20. The molecule has 1 aromatic heterocycles. The number of hydrogen-bond acceptors (Lipinski definition) is 2. The summed E-state index contributed by atoms with van der Waals surface area (Å²) in [5.41, 5.74) is 1.86.